The Balaban J connectivity index is 3.93. The topological polar surface area (TPSA) is 89.3 Å². The molecule has 0 saturated carbocycles. The van der Waals surface area contributed by atoms with Crippen molar-refractivity contribution in [2.45, 2.75) is 27.2 Å². The molecule has 0 aromatic heterocycles. The SMILES string of the molecule is CC(C)C(=O)CNC(=O)[C@@H](C)CC(N)=O. The standard InChI is InChI=1S/C10H18N2O3/c1-6(2)8(13)5-12-10(15)7(3)4-9(11)14/h6-7H,4-5H2,1-3H3,(H2,11,14)(H,12,15)/t7-/m0/s1. The monoisotopic (exact) mass is 214 g/mol. The van der Waals surface area contributed by atoms with Gasteiger partial charge in [-0.05, 0) is 0 Å². The average molecular weight is 214 g/mol. The van der Waals surface area contributed by atoms with Crippen LogP contribution in [0.1, 0.15) is 27.2 Å². The molecule has 0 rings (SSSR count). The summed E-state index contributed by atoms with van der Waals surface area (Å²) in [6, 6.07) is 0. The maximum absolute atomic E-state index is 11.3. The maximum atomic E-state index is 11.3. The molecule has 0 radical (unpaired) electrons. The lowest BCUT2D eigenvalue weighted by atomic mass is 10.1. The molecule has 3 N–H and O–H groups in total. The van der Waals surface area contributed by atoms with E-state index in [1.807, 2.05) is 0 Å². The van der Waals surface area contributed by atoms with Crippen LogP contribution in [0.3, 0.4) is 0 Å². The fourth-order valence-electron chi connectivity index (χ4n) is 0.947. The van der Waals surface area contributed by atoms with Crippen LogP contribution in [-0.2, 0) is 14.4 Å². The third-order valence-electron chi connectivity index (χ3n) is 2.04. The van der Waals surface area contributed by atoms with Gasteiger partial charge in [-0.1, -0.05) is 20.8 Å². The number of hydrogen-bond acceptors (Lipinski definition) is 3. The molecule has 1 atom stereocenters. The van der Waals surface area contributed by atoms with Crippen molar-refractivity contribution in [1.82, 2.24) is 5.32 Å². The van der Waals surface area contributed by atoms with Crippen LogP contribution in [0.2, 0.25) is 0 Å². The third kappa shape index (κ3) is 5.83. The van der Waals surface area contributed by atoms with Gasteiger partial charge >= 0.3 is 0 Å². The number of nitrogens with two attached hydrogens (primary N) is 1. The highest BCUT2D eigenvalue weighted by Gasteiger charge is 2.16. The summed E-state index contributed by atoms with van der Waals surface area (Å²) in [6.07, 6.45) is 0.00169. The van der Waals surface area contributed by atoms with Crippen molar-refractivity contribution in [1.29, 1.82) is 0 Å². The minimum absolute atomic E-state index is 0.00169. The smallest absolute Gasteiger partial charge is 0.223 e. The van der Waals surface area contributed by atoms with Gasteiger partial charge in [0.25, 0.3) is 0 Å². The summed E-state index contributed by atoms with van der Waals surface area (Å²) in [7, 11) is 0. The number of Topliss-reactive ketones (excluding diaryl/α,β-unsaturated/α-hetero) is 1. The van der Waals surface area contributed by atoms with Gasteiger partial charge in [-0.2, -0.15) is 0 Å². The fourth-order valence-corrected chi connectivity index (χ4v) is 0.947. The fraction of sp³-hybridized carbons (Fsp3) is 0.700. The normalized spacial score (nSPS) is 12.3. The first-order valence-corrected chi connectivity index (χ1v) is 4.93. The largest absolute Gasteiger partial charge is 0.370 e. The summed E-state index contributed by atoms with van der Waals surface area (Å²) in [4.78, 5) is 33.1. The quantitative estimate of drug-likeness (QED) is 0.643. The number of rotatable bonds is 6. The van der Waals surface area contributed by atoms with Crippen LogP contribution in [0, 0.1) is 11.8 Å². The first-order chi connectivity index (χ1) is 6.84. The molecule has 0 bridgehead atoms. The van der Waals surface area contributed by atoms with Crippen LogP contribution in [-0.4, -0.2) is 24.1 Å². The molecule has 0 spiro atoms. The summed E-state index contributed by atoms with van der Waals surface area (Å²) < 4.78 is 0. The van der Waals surface area contributed by atoms with E-state index >= 15 is 0 Å². The van der Waals surface area contributed by atoms with Crippen LogP contribution < -0.4 is 11.1 Å². The molecule has 0 aromatic carbocycles. The molecule has 5 heteroatoms. The predicted molar refractivity (Wildman–Crippen MR) is 55.8 cm³/mol. The van der Waals surface area contributed by atoms with Crippen molar-refractivity contribution < 1.29 is 14.4 Å². The lowest BCUT2D eigenvalue weighted by molar-refractivity contribution is -0.130. The van der Waals surface area contributed by atoms with Crippen molar-refractivity contribution in [2.24, 2.45) is 17.6 Å². The predicted octanol–water partition coefficient (Wildman–Crippen LogP) is -0.161. The molecule has 0 saturated heterocycles. The molecule has 0 aliphatic carbocycles. The van der Waals surface area contributed by atoms with Gasteiger partial charge in [-0.25, -0.2) is 0 Å². The molecule has 5 nitrogen and oxygen atoms in total. The highest BCUT2D eigenvalue weighted by molar-refractivity contribution is 5.89. The van der Waals surface area contributed by atoms with Gasteiger partial charge in [0.05, 0.1) is 6.54 Å². The number of carbonyl (C=O) groups is 3. The van der Waals surface area contributed by atoms with E-state index in [4.69, 9.17) is 5.73 Å². The summed E-state index contributed by atoms with van der Waals surface area (Å²) in [5.41, 5.74) is 4.95. The second-order valence-electron chi connectivity index (χ2n) is 3.91. The minimum Gasteiger partial charge on any atom is -0.370 e. The van der Waals surface area contributed by atoms with Crippen LogP contribution in [0.4, 0.5) is 0 Å². The first kappa shape index (κ1) is 13.6. The van der Waals surface area contributed by atoms with E-state index in [0.29, 0.717) is 0 Å². The number of ketones is 1. The molecular weight excluding hydrogens is 196 g/mol. The highest BCUT2D eigenvalue weighted by atomic mass is 16.2. The third-order valence-corrected chi connectivity index (χ3v) is 2.04. The second-order valence-corrected chi connectivity index (χ2v) is 3.91. The Bertz CT molecular complexity index is 261. The Kier molecular flexibility index (Phi) is 5.59. The molecule has 0 aromatic rings. The van der Waals surface area contributed by atoms with E-state index in [1.165, 1.54) is 0 Å². The zero-order valence-corrected chi connectivity index (χ0v) is 9.37. The molecular formula is C10H18N2O3. The summed E-state index contributed by atoms with van der Waals surface area (Å²) >= 11 is 0. The molecule has 0 heterocycles. The van der Waals surface area contributed by atoms with E-state index in [9.17, 15) is 14.4 Å². The lowest BCUT2D eigenvalue weighted by Crippen LogP contribution is -2.36. The summed E-state index contributed by atoms with van der Waals surface area (Å²) in [5.74, 6) is -1.45. The van der Waals surface area contributed by atoms with Crippen molar-refractivity contribution in [3.63, 3.8) is 0 Å². The van der Waals surface area contributed by atoms with E-state index in [1.54, 1.807) is 20.8 Å². The Morgan fingerprint density at radius 3 is 2.13 bits per heavy atom. The van der Waals surface area contributed by atoms with Crippen LogP contribution in [0.25, 0.3) is 0 Å². The molecule has 0 fully saturated rings. The molecule has 86 valence electrons. The number of nitrogens with one attached hydrogen (secondary N) is 1. The van der Waals surface area contributed by atoms with Gasteiger partial charge in [0.2, 0.25) is 11.8 Å². The molecule has 15 heavy (non-hydrogen) atoms. The highest BCUT2D eigenvalue weighted by Crippen LogP contribution is 2.00. The average Bonchev–Trinajstić information content (AvgIpc) is 2.12. The van der Waals surface area contributed by atoms with Crippen LogP contribution in [0.5, 0.6) is 0 Å². The number of hydrogen-bond donors (Lipinski definition) is 2. The van der Waals surface area contributed by atoms with E-state index in [0.717, 1.165) is 0 Å². The van der Waals surface area contributed by atoms with Crippen molar-refractivity contribution in [2.75, 3.05) is 6.54 Å². The van der Waals surface area contributed by atoms with Gasteiger partial charge in [-0.15, -0.1) is 0 Å². The van der Waals surface area contributed by atoms with Crippen LogP contribution in [0.15, 0.2) is 0 Å². The number of amides is 2. The van der Waals surface area contributed by atoms with Gasteiger partial charge < -0.3 is 11.1 Å². The Hall–Kier alpha value is -1.39. The Morgan fingerprint density at radius 1 is 1.20 bits per heavy atom. The van der Waals surface area contributed by atoms with Gasteiger partial charge in [0, 0.05) is 18.3 Å². The van der Waals surface area contributed by atoms with E-state index in [2.05, 4.69) is 5.32 Å². The molecule has 0 aliphatic heterocycles. The molecule has 2 amide bonds. The van der Waals surface area contributed by atoms with Gasteiger partial charge in [0.15, 0.2) is 5.78 Å². The minimum atomic E-state index is -0.521. The lowest BCUT2D eigenvalue weighted by Gasteiger charge is -2.10. The van der Waals surface area contributed by atoms with Gasteiger partial charge in [-0.3, -0.25) is 14.4 Å². The van der Waals surface area contributed by atoms with Crippen LogP contribution >= 0.6 is 0 Å². The Labute approximate surface area is 89.4 Å². The van der Waals surface area contributed by atoms with Crippen molar-refractivity contribution in [3.05, 3.63) is 0 Å². The Morgan fingerprint density at radius 2 is 1.73 bits per heavy atom. The zero-order chi connectivity index (χ0) is 12.0. The maximum Gasteiger partial charge on any atom is 0.223 e. The molecule has 0 unspecified atom stereocenters. The first-order valence-electron chi connectivity index (χ1n) is 4.93. The second kappa shape index (κ2) is 6.16. The summed E-state index contributed by atoms with van der Waals surface area (Å²) in [5, 5.41) is 2.47. The van der Waals surface area contributed by atoms with Crippen molar-refractivity contribution >= 4 is 17.6 Å². The number of primary amides is 1. The van der Waals surface area contributed by atoms with E-state index in [-0.39, 0.29) is 30.6 Å². The zero-order valence-electron chi connectivity index (χ0n) is 9.37. The van der Waals surface area contributed by atoms with Gasteiger partial charge in [0.1, 0.15) is 0 Å². The number of carbonyl (C=O) groups excluding carboxylic acids is 3. The molecule has 0 aliphatic rings. The summed E-state index contributed by atoms with van der Waals surface area (Å²) in [6.45, 7) is 5.14. The van der Waals surface area contributed by atoms with E-state index < -0.39 is 11.8 Å². The van der Waals surface area contributed by atoms with Crippen molar-refractivity contribution in [3.8, 4) is 0 Å².